The molecule has 5 rings (SSSR count). The Kier molecular flexibility index (Phi) is 4.84. The summed E-state index contributed by atoms with van der Waals surface area (Å²) < 4.78 is 13.8. The summed E-state index contributed by atoms with van der Waals surface area (Å²) in [5, 5.41) is 12.8. The lowest BCUT2D eigenvalue weighted by Crippen LogP contribution is -2.48. The smallest absolute Gasteiger partial charge is 0.265 e. The van der Waals surface area contributed by atoms with E-state index in [0.717, 1.165) is 27.7 Å². The molecule has 1 aliphatic carbocycles. The second-order valence-corrected chi connectivity index (χ2v) is 8.46. The van der Waals surface area contributed by atoms with Gasteiger partial charge in [0, 0.05) is 34.6 Å². The van der Waals surface area contributed by atoms with Crippen molar-refractivity contribution in [3.05, 3.63) is 71.7 Å². The van der Waals surface area contributed by atoms with E-state index < -0.39 is 12.1 Å². The van der Waals surface area contributed by atoms with E-state index in [4.69, 9.17) is 5.73 Å². The number of benzene rings is 1. The number of rotatable bonds is 6. The molecule has 0 atom stereocenters. The van der Waals surface area contributed by atoms with Crippen LogP contribution in [0.1, 0.15) is 34.6 Å². The number of hydrogen-bond donors (Lipinski definition) is 3. The molecule has 4 N–H and O–H groups in total. The molecule has 1 amide bonds. The number of amides is 1. The van der Waals surface area contributed by atoms with Gasteiger partial charge in [0.2, 0.25) is 0 Å². The van der Waals surface area contributed by atoms with Gasteiger partial charge in [-0.3, -0.25) is 9.78 Å². The summed E-state index contributed by atoms with van der Waals surface area (Å²) in [4.78, 5) is 18.9. The summed E-state index contributed by atoms with van der Waals surface area (Å²) in [5.41, 5.74) is 9.82. The topological polar surface area (TPSA) is 110 Å². The summed E-state index contributed by atoms with van der Waals surface area (Å²) in [6, 6.07) is 15.1. The zero-order valence-electron chi connectivity index (χ0n) is 17.6. The number of H-pyrrole nitrogens is 1. The highest BCUT2D eigenvalue weighted by Crippen LogP contribution is 2.45. The van der Waals surface area contributed by atoms with Crippen LogP contribution in [-0.2, 0) is 5.41 Å². The highest BCUT2D eigenvalue weighted by atomic mass is 19.1. The monoisotopic (exact) mass is 430 g/mol. The van der Waals surface area contributed by atoms with Gasteiger partial charge < -0.3 is 16.0 Å². The lowest BCUT2D eigenvalue weighted by atomic mass is 9.64. The molecule has 1 aliphatic rings. The Morgan fingerprint density at radius 2 is 2.06 bits per heavy atom. The maximum Gasteiger partial charge on any atom is 0.265 e. The second-order valence-electron chi connectivity index (χ2n) is 8.46. The molecular formula is C24H23FN6O. The molecule has 3 heterocycles. The lowest BCUT2D eigenvalue weighted by molar-refractivity contribution is 0.0988. The van der Waals surface area contributed by atoms with E-state index in [0.29, 0.717) is 36.6 Å². The summed E-state index contributed by atoms with van der Waals surface area (Å²) in [5.74, 6) is 0.130. The fraction of sp³-hybridized carbons (Fsp3) is 0.250. The zero-order chi connectivity index (χ0) is 22.3. The van der Waals surface area contributed by atoms with Crippen LogP contribution in [0, 0.1) is 6.92 Å². The fourth-order valence-electron chi connectivity index (χ4n) is 4.52. The Hall–Kier alpha value is -3.81. The summed E-state index contributed by atoms with van der Waals surface area (Å²) in [6.45, 7) is 2.56. The molecule has 0 saturated heterocycles. The molecule has 162 valence electrons. The summed E-state index contributed by atoms with van der Waals surface area (Å²) >= 11 is 0. The van der Waals surface area contributed by atoms with E-state index in [9.17, 15) is 9.18 Å². The number of halogens is 1. The fourth-order valence-corrected chi connectivity index (χ4v) is 4.52. The predicted octanol–water partition coefficient (Wildman–Crippen LogP) is 3.91. The van der Waals surface area contributed by atoms with Gasteiger partial charge in [-0.1, -0.05) is 12.1 Å². The van der Waals surface area contributed by atoms with Gasteiger partial charge in [0.15, 0.2) is 0 Å². The van der Waals surface area contributed by atoms with E-state index in [1.54, 1.807) is 12.3 Å². The Labute approximate surface area is 184 Å². The first-order valence-electron chi connectivity index (χ1n) is 10.5. The van der Waals surface area contributed by atoms with Crippen LogP contribution in [0.25, 0.3) is 22.2 Å². The number of nitrogens with two attached hydrogens (primary N) is 1. The average molecular weight is 430 g/mol. The average Bonchev–Trinajstić information content (AvgIpc) is 3.21. The molecule has 0 spiro atoms. The molecule has 0 bridgehead atoms. The number of aromatic nitrogens is 4. The van der Waals surface area contributed by atoms with Crippen molar-refractivity contribution < 1.29 is 9.18 Å². The maximum atomic E-state index is 13.8. The first kappa shape index (κ1) is 20.1. The molecular weight excluding hydrogens is 407 g/mol. The molecule has 0 unspecified atom stereocenters. The number of nitrogens with one attached hydrogen (secondary N) is 2. The minimum absolute atomic E-state index is 0.331. The highest BCUT2D eigenvalue weighted by Gasteiger charge is 2.47. The number of primary amides is 1. The van der Waals surface area contributed by atoms with Gasteiger partial charge in [-0.25, -0.2) is 4.39 Å². The van der Waals surface area contributed by atoms with E-state index in [2.05, 4.69) is 25.5 Å². The molecule has 3 aromatic heterocycles. The van der Waals surface area contributed by atoms with Crippen molar-refractivity contribution in [3.63, 3.8) is 0 Å². The number of pyridine rings is 1. The largest absolute Gasteiger partial charge is 0.368 e. The number of carbonyl (C=O) groups is 1. The molecule has 7 nitrogen and oxygen atoms in total. The summed E-state index contributed by atoms with van der Waals surface area (Å²) in [6.07, 6.45) is 1.86. The van der Waals surface area contributed by atoms with Crippen LogP contribution in [0.4, 0.5) is 10.2 Å². The Morgan fingerprint density at radius 3 is 2.75 bits per heavy atom. The molecule has 0 aliphatic heterocycles. The minimum atomic E-state index is -0.801. The molecule has 32 heavy (non-hydrogen) atoms. The van der Waals surface area contributed by atoms with E-state index in [-0.39, 0.29) is 5.41 Å². The van der Waals surface area contributed by atoms with Gasteiger partial charge in [0.05, 0.1) is 11.4 Å². The van der Waals surface area contributed by atoms with Crippen LogP contribution in [0.2, 0.25) is 0 Å². The van der Waals surface area contributed by atoms with Crippen molar-refractivity contribution in [2.45, 2.75) is 31.4 Å². The molecule has 0 radical (unpaired) electrons. The highest BCUT2D eigenvalue weighted by molar-refractivity contribution is 5.97. The number of hydrogen-bond acceptors (Lipinski definition) is 5. The third-order valence-electron chi connectivity index (χ3n) is 6.19. The number of anilines is 1. The third-order valence-corrected chi connectivity index (χ3v) is 6.19. The van der Waals surface area contributed by atoms with Gasteiger partial charge in [-0.05, 0) is 61.7 Å². The molecule has 1 saturated carbocycles. The van der Waals surface area contributed by atoms with Crippen molar-refractivity contribution in [1.29, 1.82) is 0 Å². The number of aromatic amines is 1. The van der Waals surface area contributed by atoms with E-state index in [1.165, 1.54) is 0 Å². The van der Waals surface area contributed by atoms with Gasteiger partial charge in [0.25, 0.3) is 5.91 Å². The van der Waals surface area contributed by atoms with Gasteiger partial charge >= 0.3 is 0 Å². The first-order chi connectivity index (χ1) is 15.4. The quantitative estimate of drug-likeness (QED) is 0.430. The lowest BCUT2D eigenvalue weighted by Gasteiger charge is -2.44. The maximum absolute atomic E-state index is 13.8. The van der Waals surface area contributed by atoms with Crippen LogP contribution in [0.5, 0.6) is 0 Å². The SMILES string of the molecule is Cc1cccnc1C1(CNc2ccc(-c3ccc4[nH]c(C(N)=O)cc4c3)nn2)CC(F)C1. The Balaban J connectivity index is 1.33. The molecule has 8 heteroatoms. The van der Waals surface area contributed by atoms with Crippen LogP contribution < -0.4 is 11.1 Å². The third kappa shape index (κ3) is 3.57. The second kappa shape index (κ2) is 7.71. The van der Waals surface area contributed by atoms with Gasteiger partial charge in [-0.2, -0.15) is 0 Å². The van der Waals surface area contributed by atoms with Gasteiger partial charge in [-0.15, -0.1) is 10.2 Å². The number of aryl methyl sites for hydroxylation is 1. The van der Waals surface area contributed by atoms with Crippen molar-refractivity contribution >= 4 is 22.6 Å². The number of fused-ring (bicyclic) bond motifs is 1. The predicted molar refractivity (Wildman–Crippen MR) is 121 cm³/mol. The van der Waals surface area contributed by atoms with Crippen molar-refractivity contribution in [2.24, 2.45) is 5.73 Å². The van der Waals surface area contributed by atoms with Crippen LogP contribution in [0.3, 0.4) is 0 Å². The normalized spacial score (nSPS) is 20.1. The zero-order valence-corrected chi connectivity index (χ0v) is 17.6. The first-order valence-corrected chi connectivity index (χ1v) is 10.5. The van der Waals surface area contributed by atoms with Gasteiger partial charge in [0.1, 0.15) is 17.7 Å². The van der Waals surface area contributed by atoms with E-state index in [1.807, 2.05) is 49.4 Å². The molecule has 1 fully saturated rings. The van der Waals surface area contributed by atoms with Crippen LogP contribution in [0.15, 0.2) is 54.7 Å². The van der Waals surface area contributed by atoms with Crippen molar-refractivity contribution in [2.75, 3.05) is 11.9 Å². The number of nitrogens with zero attached hydrogens (tertiary/aromatic N) is 3. The number of alkyl halides is 1. The molecule has 1 aromatic carbocycles. The van der Waals surface area contributed by atoms with E-state index >= 15 is 0 Å². The Morgan fingerprint density at radius 1 is 1.22 bits per heavy atom. The Bertz CT molecular complexity index is 1290. The van der Waals surface area contributed by atoms with Crippen LogP contribution in [-0.4, -0.2) is 38.8 Å². The number of carbonyl (C=O) groups excluding carboxylic acids is 1. The standard InChI is InChI=1S/C24H23FN6O/c1-14-3-2-8-27-22(14)24(11-17(25)12-24)13-28-21-7-6-19(30-31-21)15-4-5-18-16(9-15)10-20(29-18)23(26)32/h2-10,17,29H,11-13H2,1H3,(H2,26,32)(H,28,31). The molecule has 4 aromatic rings. The van der Waals surface area contributed by atoms with Crippen molar-refractivity contribution in [1.82, 2.24) is 20.2 Å². The summed E-state index contributed by atoms with van der Waals surface area (Å²) in [7, 11) is 0. The van der Waals surface area contributed by atoms with Crippen molar-refractivity contribution in [3.8, 4) is 11.3 Å². The minimum Gasteiger partial charge on any atom is -0.368 e. The van der Waals surface area contributed by atoms with Crippen LogP contribution >= 0.6 is 0 Å².